The van der Waals surface area contributed by atoms with Crippen LogP contribution in [-0.2, 0) is 4.74 Å². The number of methoxy groups -OCH3 is 1. The third-order valence-corrected chi connectivity index (χ3v) is 3.01. The zero-order valence-electron chi connectivity index (χ0n) is 11.3. The van der Waals surface area contributed by atoms with E-state index in [1.165, 1.54) is 6.42 Å². The van der Waals surface area contributed by atoms with Crippen LogP contribution in [0.25, 0.3) is 0 Å². The summed E-state index contributed by atoms with van der Waals surface area (Å²) in [5.41, 5.74) is 0. The third kappa shape index (κ3) is 6.26. The quantitative estimate of drug-likeness (QED) is 0.456. The average molecular weight is 228 g/mol. The Balaban J connectivity index is 4.08. The van der Waals surface area contributed by atoms with Gasteiger partial charge in [-0.2, -0.15) is 0 Å². The highest BCUT2D eigenvalue weighted by Gasteiger charge is 2.17. The molecule has 0 aliphatic rings. The molecule has 0 spiro atoms. The number of nitrogens with zero attached hydrogens (tertiary/aromatic N) is 1. The van der Waals surface area contributed by atoms with E-state index in [4.69, 9.17) is 4.74 Å². The molecule has 0 aromatic carbocycles. The molecule has 16 heavy (non-hydrogen) atoms. The van der Waals surface area contributed by atoms with Crippen LogP contribution < -0.4 is 5.32 Å². The normalized spacial score (nSPS) is 15.1. The van der Waals surface area contributed by atoms with Crippen molar-refractivity contribution >= 4 is 0 Å². The Hall–Kier alpha value is -0.380. The number of nitrogens with one attached hydrogen (secondary N) is 1. The molecule has 2 unspecified atom stereocenters. The van der Waals surface area contributed by atoms with Gasteiger partial charge < -0.3 is 10.1 Å². The minimum atomic E-state index is 0.532. The van der Waals surface area contributed by atoms with Crippen molar-refractivity contribution in [3.63, 3.8) is 0 Å². The smallest absolute Gasteiger partial charge is 0.0589 e. The lowest BCUT2D eigenvalue weighted by Gasteiger charge is -2.34. The molecule has 0 bridgehead atoms. The van der Waals surface area contributed by atoms with E-state index in [9.17, 15) is 0 Å². The van der Waals surface area contributed by atoms with Crippen LogP contribution in [0.15, 0.2) is 12.7 Å². The van der Waals surface area contributed by atoms with Crippen molar-refractivity contribution in [2.75, 3.05) is 33.4 Å². The van der Waals surface area contributed by atoms with Crippen LogP contribution in [0.3, 0.4) is 0 Å². The lowest BCUT2D eigenvalue weighted by Crippen LogP contribution is -2.46. The first kappa shape index (κ1) is 15.6. The van der Waals surface area contributed by atoms with Gasteiger partial charge in [0.05, 0.1) is 6.61 Å². The van der Waals surface area contributed by atoms with Crippen molar-refractivity contribution in [2.24, 2.45) is 0 Å². The van der Waals surface area contributed by atoms with Gasteiger partial charge in [-0.05, 0) is 20.3 Å². The highest BCUT2D eigenvalue weighted by atomic mass is 16.5. The van der Waals surface area contributed by atoms with Gasteiger partial charge in [0, 0.05) is 38.8 Å². The van der Waals surface area contributed by atoms with Crippen molar-refractivity contribution in [2.45, 2.75) is 39.3 Å². The molecule has 96 valence electrons. The largest absolute Gasteiger partial charge is 0.383 e. The summed E-state index contributed by atoms with van der Waals surface area (Å²) in [6, 6.07) is 1.14. The molecular formula is C13H28N2O. The Labute approximate surface area is 101 Å². The lowest BCUT2D eigenvalue weighted by molar-refractivity contribution is 0.0939. The van der Waals surface area contributed by atoms with Gasteiger partial charge in [0.15, 0.2) is 0 Å². The monoisotopic (exact) mass is 228 g/mol. The number of hydrogen-bond acceptors (Lipinski definition) is 3. The SMILES string of the molecule is C=CCNCC(C)N(CCOC)C(C)CC. The molecule has 0 saturated carbocycles. The molecule has 0 heterocycles. The van der Waals surface area contributed by atoms with Crippen LogP contribution in [0.2, 0.25) is 0 Å². The second kappa shape index (κ2) is 9.82. The fourth-order valence-electron chi connectivity index (χ4n) is 1.82. The summed E-state index contributed by atoms with van der Waals surface area (Å²) in [5, 5.41) is 3.37. The molecule has 1 N–H and O–H groups in total. The van der Waals surface area contributed by atoms with Crippen molar-refractivity contribution in [1.82, 2.24) is 10.2 Å². The lowest BCUT2D eigenvalue weighted by atomic mass is 10.1. The Morgan fingerprint density at radius 3 is 2.56 bits per heavy atom. The van der Waals surface area contributed by atoms with E-state index in [0.29, 0.717) is 12.1 Å². The Bertz CT molecular complexity index is 173. The maximum Gasteiger partial charge on any atom is 0.0589 e. The zero-order valence-corrected chi connectivity index (χ0v) is 11.3. The molecule has 0 aliphatic carbocycles. The Morgan fingerprint density at radius 2 is 2.06 bits per heavy atom. The summed E-state index contributed by atoms with van der Waals surface area (Å²) in [5.74, 6) is 0. The van der Waals surface area contributed by atoms with Crippen LogP contribution in [0, 0.1) is 0 Å². The maximum absolute atomic E-state index is 5.16. The predicted octanol–water partition coefficient (Wildman–Crippen LogP) is 1.90. The van der Waals surface area contributed by atoms with Crippen molar-refractivity contribution in [1.29, 1.82) is 0 Å². The standard InChI is InChI=1S/C13H28N2O/c1-6-8-14-11-13(4)15(9-10-16-5)12(3)7-2/h6,12-14H,1,7-11H2,2-5H3. The Kier molecular flexibility index (Phi) is 9.59. The van der Waals surface area contributed by atoms with Gasteiger partial charge in [0.2, 0.25) is 0 Å². The van der Waals surface area contributed by atoms with Gasteiger partial charge in [-0.15, -0.1) is 6.58 Å². The van der Waals surface area contributed by atoms with Crippen LogP contribution >= 0.6 is 0 Å². The first-order chi connectivity index (χ1) is 7.67. The molecule has 0 amide bonds. The first-order valence-electron chi connectivity index (χ1n) is 6.23. The molecule has 2 atom stereocenters. The van der Waals surface area contributed by atoms with Crippen LogP contribution in [0.1, 0.15) is 27.2 Å². The third-order valence-electron chi connectivity index (χ3n) is 3.01. The second-order valence-corrected chi connectivity index (χ2v) is 4.28. The molecule has 0 radical (unpaired) electrons. The topological polar surface area (TPSA) is 24.5 Å². The molecule has 0 fully saturated rings. The Morgan fingerprint density at radius 1 is 1.38 bits per heavy atom. The van der Waals surface area contributed by atoms with Gasteiger partial charge >= 0.3 is 0 Å². The summed E-state index contributed by atoms with van der Waals surface area (Å²) in [6.45, 7) is 14.2. The van der Waals surface area contributed by atoms with Gasteiger partial charge in [0.1, 0.15) is 0 Å². The van der Waals surface area contributed by atoms with Crippen LogP contribution in [-0.4, -0.2) is 50.3 Å². The van der Waals surface area contributed by atoms with Gasteiger partial charge in [-0.1, -0.05) is 13.0 Å². The summed E-state index contributed by atoms with van der Waals surface area (Å²) in [6.07, 6.45) is 3.07. The van der Waals surface area contributed by atoms with E-state index >= 15 is 0 Å². The molecular weight excluding hydrogens is 200 g/mol. The molecule has 3 heteroatoms. The van der Waals surface area contributed by atoms with Crippen LogP contribution in [0.4, 0.5) is 0 Å². The minimum Gasteiger partial charge on any atom is -0.383 e. The van der Waals surface area contributed by atoms with E-state index in [2.05, 4.69) is 37.6 Å². The fourth-order valence-corrected chi connectivity index (χ4v) is 1.82. The highest BCUT2D eigenvalue weighted by molar-refractivity contribution is 4.77. The maximum atomic E-state index is 5.16. The molecule has 0 saturated heterocycles. The summed E-state index contributed by atoms with van der Waals surface area (Å²) >= 11 is 0. The van der Waals surface area contributed by atoms with E-state index in [1.807, 2.05) is 6.08 Å². The van der Waals surface area contributed by atoms with E-state index in [0.717, 1.165) is 26.2 Å². The minimum absolute atomic E-state index is 0.532. The van der Waals surface area contributed by atoms with E-state index in [-0.39, 0.29) is 0 Å². The predicted molar refractivity (Wildman–Crippen MR) is 70.9 cm³/mol. The number of ether oxygens (including phenoxy) is 1. The summed E-state index contributed by atoms with van der Waals surface area (Å²) < 4.78 is 5.16. The second-order valence-electron chi connectivity index (χ2n) is 4.28. The van der Waals surface area contributed by atoms with Crippen molar-refractivity contribution < 1.29 is 4.74 Å². The van der Waals surface area contributed by atoms with Gasteiger partial charge in [0.25, 0.3) is 0 Å². The molecule has 0 aliphatic heterocycles. The van der Waals surface area contributed by atoms with E-state index in [1.54, 1.807) is 7.11 Å². The van der Waals surface area contributed by atoms with Gasteiger partial charge in [-0.25, -0.2) is 0 Å². The molecule has 0 rings (SSSR count). The average Bonchev–Trinajstić information content (AvgIpc) is 2.29. The summed E-state index contributed by atoms with van der Waals surface area (Å²) in [4.78, 5) is 2.50. The van der Waals surface area contributed by atoms with Crippen molar-refractivity contribution in [3.05, 3.63) is 12.7 Å². The zero-order chi connectivity index (χ0) is 12.4. The van der Waals surface area contributed by atoms with E-state index < -0.39 is 0 Å². The molecule has 0 aromatic heterocycles. The van der Waals surface area contributed by atoms with Crippen LogP contribution in [0.5, 0.6) is 0 Å². The van der Waals surface area contributed by atoms with Gasteiger partial charge in [-0.3, -0.25) is 4.90 Å². The summed E-state index contributed by atoms with van der Waals surface area (Å²) in [7, 11) is 1.76. The number of hydrogen-bond donors (Lipinski definition) is 1. The fraction of sp³-hybridized carbons (Fsp3) is 0.846. The number of rotatable bonds is 10. The highest BCUT2D eigenvalue weighted by Crippen LogP contribution is 2.08. The van der Waals surface area contributed by atoms with Crippen molar-refractivity contribution in [3.8, 4) is 0 Å². The first-order valence-corrected chi connectivity index (χ1v) is 6.23. The molecule has 0 aromatic rings. The molecule has 3 nitrogen and oxygen atoms in total.